The topological polar surface area (TPSA) is 46.2 Å². The fourth-order valence-electron chi connectivity index (χ4n) is 3.52. The third-order valence-electron chi connectivity index (χ3n) is 4.90. The molecule has 3 heteroatoms. The summed E-state index contributed by atoms with van der Waals surface area (Å²) >= 11 is 0. The van der Waals surface area contributed by atoms with Crippen molar-refractivity contribution in [2.24, 2.45) is 5.92 Å². The summed E-state index contributed by atoms with van der Waals surface area (Å²) in [5, 5.41) is 4.29. The Morgan fingerprint density at radius 2 is 1.74 bits per heavy atom. The van der Waals surface area contributed by atoms with E-state index < -0.39 is 0 Å². The van der Waals surface area contributed by atoms with Crippen molar-refractivity contribution < 1.29 is 9.59 Å². The number of hydrogen-bond acceptors (Lipinski definition) is 2. The highest BCUT2D eigenvalue weighted by Crippen LogP contribution is 2.31. The van der Waals surface area contributed by atoms with Gasteiger partial charge in [-0.15, -0.1) is 0 Å². The molecule has 0 bridgehead atoms. The Hall–Kier alpha value is -2.16. The van der Waals surface area contributed by atoms with Gasteiger partial charge in [-0.25, -0.2) is 0 Å². The Balaban J connectivity index is 2.06. The van der Waals surface area contributed by atoms with Gasteiger partial charge in [0.2, 0.25) is 0 Å². The SMILES string of the molecule is CCCCC(CC)Cc1ccc2c3c(cccc13)C(=O)NC2=O. The monoisotopic (exact) mass is 309 g/mol. The first kappa shape index (κ1) is 15.7. The van der Waals surface area contributed by atoms with Crippen molar-refractivity contribution in [1.82, 2.24) is 5.32 Å². The normalized spacial score (nSPS) is 14.9. The molecule has 3 rings (SSSR count). The number of carbonyl (C=O) groups excluding carboxylic acids is 2. The maximum absolute atomic E-state index is 12.1. The number of amides is 2. The molecule has 0 spiro atoms. The van der Waals surface area contributed by atoms with Crippen LogP contribution in [0, 0.1) is 5.92 Å². The molecule has 0 aromatic heterocycles. The summed E-state index contributed by atoms with van der Waals surface area (Å²) in [5.41, 5.74) is 2.47. The van der Waals surface area contributed by atoms with Crippen LogP contribution in [0.2, 0.25) is 0 Å². The number of rotatable bonds is 6. The van der Waals surface area contributed by atoms with Crippen molar-refractivity contribution in [1.29, 1.82) is 0 Å². The van der Waals surface area contributed by atoms with E-state index in [1.54, 1.807) is 6.07 Å². The standard InChI is InChI=1S/C20H23NO2/c1-3-5-7-13(4-2)12-14-10-11-17-18-15(14)8-6-9-16(18)19(22)21-20(17)23/h6,8-11,13H,3-5,7,12H2,1-2H3,(H,21,22,23). The number of nitrogens with one attached hydrogen (secondary N) is 1. The molecule has 1 heterocycles. The third kappa shape index (κ3) is 2.88. The van der Waals surface area contributed by atoms with Crippen molar-refractivity contribution in [3.63, 3.8) is 0 Å². The van der Waals surface area contributed by atoms with E-state index in [0.29, 0.717) is 17.0 Å². The highest BCUT2D eigenvalue weighted by molar-refractivity contribution is 6.25. The number of carbonyl (C=O) groups is 2. The van der Waals surface area contributed by atoms with Crippen LogP contribution in [0.15, 0.2) is 30.3 Å². The number of benzene rings is 2. The highest BCUT2D eigenvalue weighted by Gasteiger charge is 2.25. The quantitative estimate of drug-likeness (QED) is 0.800. The molecule has 2 amide bonds. The van der Waals surface area contributed by atoms with Gasteiger partial charge in [0.25, 0.3) is 11.8 Å². The molecule has 0 radical (unpaired) electrons. The van der Waals surface area contributed by atoms with Crippen LogP contribution in [0.1, 0.15) is 65.8 Å². The van der Waals surface area contributed by atoms with Crippen LogP contribution in [-0.4, -0.2) is 11.8 Å². The van der Waals surface area contributed by atoms with Crippen molar-refractivity contribution in [3.05, 3.63) is 47.0 Å². The summed E-state index contributed by atoms with van der Waals surface area (Å²) in [6.07, 6.45) is 5.86. The Bertz CT molecular complexity index is 743. The van der Waals surface area contributed by atoms with Gasteiger partial charge in [-0.05, 0) is 35.4 Å². The van der Waals surface area contributed by atoms with Crippen LogP contribution >= 0.6 is 0 Å². The molecule has 3 nitrogen and oxygen atoms in total. The first-order chi connectivity index (χ1) is 11.2. The molecule has 1 atom stereocenters. The zero-order chi connectivity index (χ0) is 16.4. The molecule has 120 valence electrons. The van der Waals surface area contributed by atoms with Crippen LogP contribution in [0.5, 0.6) is 0 Å². The zero-order valence-corrected chi connectivity index (χ0v) is 13.8. The van der Waals surface area contributed by atoms with E-state index in [1.165, 1.54) is 24.8 Å². The average molecular weight is 309 g/mol. The van der Waals surface area contributed by atoms with Gasteiger partial charge in [0.1, 0.15) is 0 Å². The van der Waals surface area contributed by atoms with Gasteiger partial charge in [0.15, 0.2) is 0 Å². The molecule has 1 aliphatic heterocycles. The lowest BCUT2D eigenvalue weighted by Crippen LogP contribution is -2.34. The maximum atomic E-state index is 12.1. The van der Waals surface area contributed by atoms with Gasteiger partial charge >= 0.3 is 0 Å². The molecular weight excluding hydrogens is 286 g/mol. The Labute approximate surface area is 137 Å². The second-order valence-electron chi connectivity index (χ2n) is 6.40. The number of hydrogen-bond donors (Lipinski definition) is 1. The summed E-state index contributed by atoms with van der Waals surface area (Å²) in [6, 6.07) is 9.68. The lowest BCUT2D eigenvalue weighted by molar-refractivity contribution is 0.0845. The molecule has 0 fully saturated rings. The van der Waals surface area contributed by atoms with Crippen LogP contribution in [-0.2, 0) is 6.42 Å². The van der Waals surface area contributed by atoms with Gasteiger partial charge in [-0.1, -0.05) is 57.7 Å². The predicted octanol–water partition coefficient (Wildman–Crippen LogP) is 4.48. The van der Waals surface area contributed by atoms with E-state index in [4.69, 9.17) is 0 Å². The Morgan fingerprint density at radius 3 is 2.43 bits per heavy atom. The molecule has 2 aromatic carbocycles. The lowest BCUT2D eigenvalue weighted by atomic mass is 9.86. The fourth-order valence-corrected chi connectivity index (χ4v) is 3.52. The fraction of sp³-hybridized carbons (Fsp3) is 0.400. The summed E-state index contributed by atoms with van der Waals surface area (Å²) in [6.45, 7) is 4.46. The molecule has 1 N–H and O–H groups in total. The average Bonchev–Trinajstić information content (AvgIpc) is 2.56. The highest BCUT2D eigenvalue weighted by atomic mass is 16.2. The summed E-state index contributed by atoms with van der Waals surface area (Å²) in [5.74, 6) is 0.0756. The van der Waals surface area contributed by atoms with E-state index in [9.17, 15) is 9.59 Å². The number of unbranched alkanes of at least 4 members (excludes halogenated alkanes) is 1. The van der Waals surface area contributed by atoms with Crippen LogP contribution in [0.3, 0.4) is 0 Å². The molecule has 2 aromatic rings. The third-order valence-corrected chi connectivity index (χ3v) is 4.90. The smallest absolute Gasteiger partial charge is 0.258 e. The second kappa shape index (κ2) is 6.53. The first-order valence-corrected chi connectivity index (χ1v) is 8.56. The van der Waals surface area contributed by atoms with Gasteiger partial charge in [-0.3, -0.25) is 14.9 Å². The largest absolute Gasteiger partial charge is 0.288 e. The van der Waals surface area contributed by atoms with E-state index in [2.05, 4.69) is 25.2 Å². The van der Waals surface area contributed by atoms with Crippen LogP contribution in [0.25, 0.3) is 10.8 Å². The van der Waals surface area contributed by atoms with Gasteiger partial charge in [0, 0.05) is 16.5 Å². The second-order valence-corrected chi connectivity index (χ2v) is 6.40. The van der Waals surface area contributed by atoms with Crippen LogP contribution < -0.4 is 5.32 Å². The molecule has 0 saturated carbocycles. The van der Waals surface area contributed by atoms with E-state index >= 15 is 0 Å². The molecule has 1 unspecified atom stereocenters. The Morgan fingerprint density at radius 1 is 1.00 bits per heavy atom. The molecule has 0 aliphatic carbocycles. The van der Waals surface area contributed by atoms with Gasteiger partial charge < -0.3 is 0 Å². The van der Waals surface area contributed by atoms with Crippen LogP contribution in [0.4, 0.5) is 0 Å². The van der Waals surface area contributed by atoms with Crippen molar-refractivity contribution >= 4 is 22.6 Å². The lowest BCUT2D eigenvalue weighted by Gasteiger charge is -2.20. The Kier molecular flexibility index (Phi) is 4.46. The molecule has 0 saturated heterocycles. The van der Waals surface area contributed by atoms with Gasteiger partial charge in [0.05, 0.1) is 0 Å². The van der Waals surface area contributed by atoms with E-state index in [-0.39, 0.29) is 11.8 Å². The minimum atomic E-state index is -0.289. The minimum absolute atomic E-state index is 0.289. The van der Waals surface area contributed by atoms with Crippen molar-refractivity contribution in [3.8, 4) is 0 Å². The summed E-state index contributed by atoms with van der Waals surface area (Å²) in [7, 11) is 0. The summed E-state index contributed by atoms with van der Waals surface area (Å²) in [4.78, 5) is 24.2. The zero-order valence-electron chi connectivity index (χ0n) is 13.8. The van der Waals surface area contributed by atoms with E-state index in [0.717, 1.165) is 23.6 Å². The summed E-state index contributed by atoms with van der Waals surface area (Å²) < 4.78 is 0. The maximum Gasteiger partial charge on any atom is 0.258 e. The van der Waals surface area contributed by atoms with Crippen molar-refractivity contribution in [2.45, 2.75) is 46.0 Å². The first-order valence-electron chi connectivity index (χ1n) is 8.56. The minimum Gasteiger partial charge on any atom is -0.288 e. The molecular formula is C20H23NO2. The number of imide groups is 1. The van der Waals surface area contributed by atoms with Gasteiger partial charge in [-0.2, -0.15) is 0 Å². The predicted molar refractivity (Wildman–Crippen MR) is 92.8 cm³/mol. The van der Waals surface area contributed by atoms with E-state index in [1.807, 2.05) is 18.2 Å². The van der Waals surface area contributed by atoms with Crippen molar-refractivity contribution in [2.75, 3.05) is 0 Å². The molecule has 23 heavy (non-hydrogen) atoms. The molecule has 1 aliphatic rings.